The molecular weight excluding hydrogens is 304 g/mol. The van der Waals surface area contributed by atoms with Gasteiger partial charge in [0.05, 0.1) is 18.3 Å². The van der Waals surface area contributed by atoms with E-state index < -0.39 is 17.8 Å². The van der Waals surface area contributed by atoms with Crippen molar-refractivity contribution in [2.75, 3.05) is 6.61 Å². The molecule has 0 saturated carbocycles. The molecule has 4 nitrogen and oxygen atoms in total. The topological polar surface area (TPSA) is 69.9 Å². The number of aliphatic hydroxyl groups is 3. The molecule has 0 amide bonds. The van der Waals surface area contributed by atoms with Crippen LogP contribution in [-0.2, 0) is 4.74 Å². The quantitative estimate of drug-likeness (QED) is 0.513. The third kappa shape index (κ3) is 3.41. The SMILES string of the molecule is C#CC[C@H]1O[C@@H]([C@](C)(O)[C@@H](O)CCO)[C@H]2[C@@H]1C(C)=CC[C@@H]2C(C)C. The lowest BCUT2D eigenvalue weighted by atomic mass is 9.63. The minimum atomic E-state index is -1.42. The summed E-state index contributed by atoms with van der Waals surface area (Å²) in [5.41, 5.74) is -0.146. The second-order valence-corrected chi connectivity index (χ2v) is 7.95. The van der Waals surface area contributed by atoms with Crippen LogP contribution in [0.5, 0.6) is 0 Å². The molecule has 0 aromatic heterocycles. The Kier molecular flexibility index (Phi) is 6.14. The zero-order chi connectivity index (χ0) is 18.1. The van der Waals surface area contributed by atoms with Crippen LogP contribution >= 0.6 is 0 Å². The smallest absolute Gasteiger partial charge is 0.114 e. The molecule has 0 aromatic carbocycles. The maximum absolute atomic E-state index is 11.1. The van der Waals surface area contributed by atoms with Crippen molar-refractivity contribution >= 4 is 0 Å². The molecule has 7 atom stereocenters. The first kappa shape index (κ1) is 19.5. The van der Waals surface area contributed by atoms with E-state index in [4.69, 9.17) is 16.3 Å². The molecular formula is C20H32O4. The Bertz CT molecular complexity index is 502. The molecule has 24 heavy (non-hydrogen) atoms. The predicted molar refractivity (Wildman–Crippen MR) is 94.1 cm³/mol. The van der Waals surface area contributed by atoms with Gasteiger partial charge in [-0.2, -0.15) is 0 Å². The van der Waals surface area contributed by atoms with Gasteiger partial charge in [0.15, 0.2) is 0 Å². The Morgan fingerprint density at radius 3 is 2.67 bits per heavy atom. The van der Waals surface area contributed by atoms with E-state index in [1.807, 2.05) is 0 Å². The van der Waals surface area contributed by atoms with Crippen LogP contribution in [0.4, 0.5) is 0 Å². The van der Waals surface area contributed by atoms with Gasteiger partial charge in [-0.1, -0.05) is 25.5 Å². The summed E-state index contributed by atoms with van der Waals surface area (Å²) in [5.74, 6) is 3.82. The molecule has 0 unspecified atom stereocenters. The maximum atomic E-state index is 11.1. The molecule has 1 heterocycles. The van der Waals surface area contributed by atoms with Gasteiger partial charge in [0.1, 0.15) is 5.60 Å². The van der Waals surface area contributed by atoms with E-state index in [1.54, 1.807) is 6.92 Å². The number of fused-ring (bicyclic) bond motifs is 1. The van der Waals surface area contributed by atoms with Crippen LogP contribution in [0.2, 0.25) is 0 Å². The van der Waals surface area contributed by atoms with Crippen LogP contribution in [0.15, 0.2) is 11.6 Å². The summed E-state index contributed by atoms with van der Waals surface area (Å²) in [5, 5.41) is 30.6. The van der Waals surface area contributed by atoms with Gasteiger partial charge in [0.2, 0.25) is 0 Å². The summed E-state index contributed by atoms with van der Waals surface area (Å²) < 4.78 is 6.26. The van der Waals surface area contributed by atoms with Gasteiger partial charge in [-0.3, -0.25) is 0 Å². The van der Waals surface area contributed by atoms with Crippen molar-refractivity contribution in [1.29, 1.82) is 0 Å². The molecule has 136 valence electrons. The number of aliphatic hydroxyl groups excluding tert-OH is 2. The van der Waals surface area contributed by atoms with Crippen LogP contribution < -0.4 is 0 Å². The fourth-order valence-corrected chi connectivity index (χ4v) is 4.64. The van der Waals surface area contributed by atoms with Gasteiger partial charge < -0.3 is 20.1 Å². The van der Waals surface area contributed by atoms with Gasteiger partial charge in [-0.25, -0.2) is 0 Å². The second kappa shape index (κ2) is 7.58. The fraction of sp³-hybridized carbons (Fsp3) is 0.800. The molecule has 0 radical (unpaired) electrons. The van der Waals surface area contributed by atoms with Crippen molar-refractivity contribution in [3.8, 4) is 12.3 Å². The van der Waals surface area contributed by atoms with E-state index >= 15 is 0 Å². The molecule has 0 bridgehead atoms. The highest BCUT2D eigenvalue weighted by atomic mass is 16.5. The third-order valence-corrected chi connectivity index (χ3v) is 6.05. The zero-order valence-corrected chi connectivity index (χ0v) is 15.3. The van der Waals surface area contributed by atoms with Crippen LogP contribution in [0.25, 0.3) is 0 Å². The molecule has 0 aromatic rings. The summed E-state index contributed by atoms with van der Waals surface area (Å²) in [4.78, 5) is 0. The van der Waals surface area contributed by atoms with Gasteiger partial charge >= 0.3 is 0 Å². The lowest BCUT2D eigenvalue weighted by Gasteiger charge is -2.43. The first-order valence-electron chi connectivity index (χ1n) is 9.02. The lowest BCUT2D eigenvalue weighted by Crippen LogP contribution is -2.54. The number of hydrogen-bond acceptors (Lipinski definition) is 4. The van der Waals surface area contributed by atoms with Crippen LogP contribution in [0.1, 0.15) is 47.0 Å². The number of hydrogen-bond donors (Lipinski definition) is 3. The normalized spacial score (nSPS) is 36.6. The van der Waals surface area contributed by atoms with Crippen molar-refractivity contribution in [3.63, 3.8) is 0 Å². The Hall–Kier alpha value is -0.860. The van der Waals surface area contributed by atoms with Crippen molar-refractivity contribution in [3.05, 3.63) is 11.6 Å². The van der Waals surface area contributed by atoms with Crippen molar-refractivity contribution < 1.29 is 20.1 Å². The first-order chi connectivity index (χ1) is 11.3. The minimum Gasteiger partial charge on any atom is -0.396 e. The highest BCUT2D eigenvalue weighted by Gasteiger charge is 2.57. The Morgan fingerprint density at radius 2 is 2.12 bits per heavy atom. The molecule has 1 aliphatic carbocycles. The van der Waals surface area contributed by atoms with E-state index in [9.17, 15) is 10.2 Å². The highest BCUT2D eigenvalue weighted by Crippen LogP contribution is 2.52. The van der Waals surface area contributed by atoms with Crippen molar-refractivity contribution in [2.24, 2.45) is 23.7 Å². The van der Waals surface area contributed by atoms with Crippen molar-refractivity contribution in [1.82, 2.24) is 0 Å². The summed E-state index contributed by atoms with van der Waals surface area (Å²) in [7, 11) is 0. The molecule has 1 fully saturated rings. The van der Waals surface area contributed by atoms with E-state index in [2.05, 4.69) is 32.8 Å². The molecule has 0 spiro atoms. The maximum Gasteiger partial charge on any atom is 0.114 e. The summed E-state index contributed by atoms with van der Waals surface area (Å²) in [6, 6.07) is 0. The number of terminal acetylenes is 1. The number of allylic oxidation sites excluding steroid dienone is 1. The monoisotopic (exact) mass is 336 g/mol. The van der Waals surface area contributed by atoms with Crippen LogP contribution in [0.3, 0.4) is 0 Å². The molecule has 2 rings (SSSR count). The van der Waals surface area contributed by atoms with Crippen LogP contribution in [-0.4, -0.2) is 45.8 Å². The van der Waals surface area contributed by atoms with E-state index in [-0.39, 0.29) is 31.0 Å². The standard InChI is InChI=1S/C20H32O4/c1-6-7-15-17-13(4)8-9-14(12(2)3)18(17)19(24-15)20(5,23)16(22)10-11-21/h1,8,12,14-19,21-23H,7,9-11H2,2-5H3/t14-,15-,16+,17-,18-,19-,20-/m1/s1. The molecule has 3 N–H and O–H groups in total. The number of ether oxygens (including phenoxy) is 1. The number of rotatable bonds is 6. The largest absolute Gasteiger partial charge is 0.396 e. The summed E-state index contributed by atoms with van der Waals surface area (Å²) in [6.07, 6.45) is 7.76. The van der Waals surface area contributed by atoms with Gasteiger partial charge in [-0.05, 0) is 38.5 Å². The first-order valence-corrected chi connectivity index (χ1v) is 9.02. The fourth-order valence-electron chi connectivity index (χ4n) is 4.64. The van der Waals surface area contributed by atoms with Gasteiger partial charge in [0, 0.05) is 24.9 Å². The Labute approximate surface area is 145 Å². The molecule has 2 aliphatic rings. The lowest BCUT2D eigenvalue weighted by molar-refractivity contribution is -0.168. The summed E-state index contributed by atoms with van der Waals surface area (Å²) >= 11 is 0. The van der Waals surface area contributed by atoms with E-state index in [0.717, 1.165) is 6.42 Å². The third-order valence-electron chi connectivity index (χ3n) is 6.05. The average Bonchev–Trinajstić information content (AvgIpc) is 2.89. The highest BCUT2D eigenvalue weighted by molar-refractivity contribution is 5.20. The van der Waals surface area contributed by atoms with E-state index in [1.165, 1.54) is 5.57 Å². The zero-order valence-electron chi connectivity index (χ0n) is 15.3. The molecule has 1 saturated heterocycles. The Morgan fingerprint density at radius 1 is 1.46 bits per heavy atom. The average molecular weight is 336 g/mol. The second-order valence-electron chi connectivity index (χ2n) is 7.95. The van der Waals surface area contributed by atoms with Gasteiger partial charge in [0.25, 0.3) is 0 Å². The minimum absolute atomic E-state index is 0.122. The van der Waals surface area contributed by atoms with Crippen molar-refractivity contribution in [2.45, 2.75) is 70.9 Å². The van der Waals surface area contributed by atoms with Crippen LogP contribution in [0, 0.1) is 36.0 Å². The van der Waals surface area contributed by atoms with Gasteiger partial charge in [-0.15, -0.1) is 12.3 Å². The predicted octanol–water partition coefficient (Wildman–Crippen LogP) is 2.13. The summed E-state index contributed by atoms with van der Waals surface area (Å²) in [6.45, 7) is 7.96. The molecule has 1 aliphatic heterocycles. The van der Waals surface area contributed by atoms with E-state index in [0.29, 0.717) is 18.3 Å². The Balaban J connectivity index is 2.40. The molecule has 4 heteroatoms.